The molecule has 0 spiro atoms. The molecule has 53 heavy (non-hydrogen) atoms. The third-order valence-corrected chi connectivity index (χ3v) is 11.1. The fraction of sp³-hybridized carbons (Fsp3) is 0.0588. The van der Waals surface area contributed by atoms with Gasteiger partial charge in [0.1, 0.15) is 11.2 Å². The maximum Gasteiger partial charge on any atom is 0.135 e. The van der Waals surface area contributed by atoms with Gasteiger partial charge in [0.2, 0.25) is 0 Å². The number of para-hydroxylation sites is 2. The lowest BCUT2D eigenvalue weighted by molar-refractivity contribution is 0.660. The van der Waals surface area contributed by atoms with E-state index in [-0.39, 0.29) is 5.41 Å². The Bertz CT molecular complexity index is 2780. The Kier molecular flexibility index (Phi) is 7.19. The van der Waals surface area contributed by atoms with E-state index in [2.05, 4.69) is 195 Å². The van der Waals surface area contributed by atoms with Crippen molar-refractivity contribution >= 4 is 39.0 Å². The largest absolute Gasteiger partial charge is 0.456 e. The Morgan fingerprint density at radius 2 is 0.868 bits per heavy atom. The number of fused-ring (bicyclic) bond motifs is 6. The lowest BCUT2D eigenvalue weighted by Gasteiger charge is -2.26. The van der Waals surface area contributed by atoms with Crippen LogP contribution >= 0.6 is 0 Å². The molecule has 1 aromatic heterocycles. The predicted molar refractivity (Wildman–Crippen MR) is 222 cm³/mol. The summed E-state index contributed by atoms with van der Waals surface area (Å²) in [5, 5.41) is 2.28. The molecular weight excluding hydrogens is 643 g/mol. The molecular formula is C51H37NO. The third-order valence-electron chi connectivity index (χ3n) is 11.1. The Morgan fingerprint density at radius 1 is 0.358 bits per heavy atom. The van der Waals surface area contributed by atoms with E-state index >= 15 is 0 Å². The van der Waals surface area contributed by atoms with Gasteiger partial charge in [-0.15, -0.1) is 0 Å². The van der Waals surface area contributed by atoms with Gasteiger partial charge >= 0.3 is 0 Å². The molecule has 9 aromatic rings. The number of benzene rings is 8. The Hall–Kier alpha value is -6.64. The number of hydrogen-bond acceptors (Lipinski definition) is 2. The Balaban J connectivity index is 0.974. The molecule has 1 aliphatic carbocycles. The van der Waals surface area contributed by atoms with Crippen LogP contribution in [-0.2, 0) is 5.41 Å². The van der Waals surface area contributed by atoms with E-state index in [1.807, 2.05) is 12.1 Å². The highest BCUT2D eigenvalue weighted by Crippen LogP contribution is 2.51. The van der Waals surface area contributed by atoms with Gasteiger partial charge in [-0.1, -0.05) is 135 Å². The first kappa shape index (κ1) is 31.1. The molecule has 0 aliphatic heterocycles. The van der Waals surface area contributed by atoms with Crippen LogP contribution in [0.1, 0.15) is 25.0 Å². The molecule has 2 heteroatoms. The average molecular weight is 680 g/mol. The van der Waals surface area contributed by atoms with Crippen molar-refractivity contribution in [3.63, 3.8) is 0 Å². The van der Waals surface area contributed by atoms with Gasteiger partial charge in [-0.05, 0) is 122 Å². The van der Waals surface area contributed by atoms with Gasteiger partial charge in [0.25, 0.3) is 0 Å². The minimum absolute atomic E-state index is 0.0655. The summed E-state index contributed by atoms with van der Waals surface area (Å²) in [6.45, 7) is 4.71. The molecule has 0 amide bonds. The van der Waals surface area contributed by atoms with Crippen molar-refractivity contribution in [3.05, 3.63) is 199 Å². The first-order valence-electron chi connectivity index (χ1n) is 18.3. The van der Waals surface area contributed by atoms with E-state index in [0.717, 1.165) is 39.0 Å². The van der Waals surface area contributed by atoms with E-state index in [1.165, 1.54) is 55.6 Å². The molecule has 0 N–H and O–H groups in total. The van der Waals surface area contributed by atoms with Crippen molar-refractivity contribution in [2.45, 2.75) is 19.3 Å². The third kappa shape index (κ3) is 5.26. The molecule has 1 aliphatic rings. The van der Waals surface area contributed by atoms with Gasteiger partial charge < -0.3 is 9.32 Å². The molecule has 0 saturated heterocycles. The molecule has 1 heterocycles. The van der Waals surface area contributed by atoms with Crippen LogP contribution in [0.4, 0.5) is 17.1 Å². The quantitative estimate of drug-likeness (QED) is 0.174. The molecule has 0 bridgehead atoms. The summed E-state index contributed by atoms with van der Waals surface area (Å²) in [7, 11) is 0. The minimum Gasteiger partial charge on any atom is -0.456 e. The summed E-state index contributed by atoms with van der Waals surface area (Å²) in [5.41, 5.74) is 17.8. The second kappa shape index (κ2) is 12.3. The van der Waals surface area contributed by atoms with E-state index in [1.54, 1.807) is 0 Å². The zero-order valence-corrected chi connectivity index (χ0v) is 29.8. The second-order valence-corrected chi connectivity index (χ2v) is 14.6. The Labute approximate surface area is 310 Å². The van der Waals surface area contributed by atoms with Gasteiger partial charge in [0.15, 0.2) is 0 Å². The second-order valence-electron chi connectivity index (χ2n) is 14.6. The van der Waals surface area contributed by atoms with Crippen LogP contribution in [-0.4, -0.2) is 0 Å². The lowest BCUT2D eigenvalue weighted by Crippen LogP contribution is -2.15. The van der Waals surface area contributed by atoms with Crippen molar-refractivity contribution in [2.75, 3.05) is 4.90 Å². The SMILES string of the molecule is CC1(C)c2ccc(-c3ccc(N(c4ccccc4)c4ccc(-c5ccc6oc7ccccc7c6c5)cc4)cc3)cc2-c2ccc(-c3ccccc3)cc21. The van der Waals surface area contributed by atoms with E-state index in [0.29, 0.717) is 0 Å². The topological polar surface area (TPSA) is 16.4 Å². The first-order valence-corrected chi connectivity index (χ1v) is 18.3. The maximum absolute atomic E-state index is 6.08. The summed E-state index contributed by atoms with van der Waals surface area (Å²) >= 11 is 0. The van der Waals surface area contributed by atoms with Crippen molar-refractivity contribution in [1.29, 1.82) is 0 Å². The van der Waals surface area contributed by atoms with Crippen LogP contribution in [0.2, 0.25) is 0 Å². The van der Waals surface area contributed by atoms with E-state index in [9.17, 15) is 0 Å². The highest BCUT2D eigenvalue weighted by Gasteiger charge is 2.35. The fourth-order valence-corrected chi connectivity index (χ4v) is 8.28. The zero-order valence-electron chi connectivity index (χ0n) is 29.8. The Morgan fingerprint density at radius 3 is 1.58 bits per heavy atom. The smallest absolute Gasteiger partial charge is 0.135 e. The molecule has 0 unspecified atom stereocenters. The maximum atomic E-state index is 6.08. The molecule has 252 valence electrons. The molecule has 2 nitrogen and oxygen atoms in total. The van der Waals surface area contributed by atoms with Crippen LogP contribution in [0.15, 0.2) is 192 Å². The highest BCUT2D eigenvalue weighted by molar-refractivity contribution is 6.06. The van der Waals surface area contributed by atoms with Gasteiger partial charge in [-0.2, -0.15) is 0 Å². The minimum atomic E-state index is -0.0655. The highest BCUT2D eigenvalue weighted by atomic mass is 16.3. The summed E-state index contributed by atoms with van der Waals surface area (Å²) < 4.78 is 6.08. The normalized spacial score (nSPS) is 12.9. The standard InChI is InChI=1S/C51H37NO/c1-51(2)47-29-22-37(31-45(47)43-28-21-39(33-48(43)51)34-11-5-3-6-12-34)35-17-24-41(25-18-35)52(40-13-7-4-8-14-40)42-26-19-36(20-27-42)38-23-30-50-46(32-38)44-15-9-10-16-49(44)53-50/h3-33H,1-2H3. The summed E-state index contributed by atoms with van der Waals surface area (Å²) in [4.78, 5) is 2.33. The van der Waals surface area contributed by atoms with Crippen LogP contribution in [0.3, 0.4) is 0 Å². The van der Waals surface area contributed by atoms with Gasteiger partial charge in [0, 0.05) is 33.2 Å². The summed E-state index contributed by atoms with van der Waals surface area (Å²) in [5.74, 6) is 0. The first-order chi connectivity index (χ1) is 26.0. The molecule has 0 saturated carbocycles. The van der Waals surface area contributed by atoms with Crippen molar-refractivity contribution in [2.24, 2.45) is 0 Å². The van der Waals surface area contributed by atoms with E-state index < -0.39 is 0 Å². The van der Waals surface area contributed by atoms with Gasteiger partial charge in [-0.25, -0.2) is 0 Å². The lowest BCUT2D eigenvalue weighted by atomic mass is 9.81. The van der Waals surface area contributed by atoms with Crippen LogP contribution in [0, 0.1) is 0 Å². The monoisotopic (exact) mass is 679 g/mol. The molecule has 0 fully saturated rings. The number of anilines is 3. The van der Waals surface area contributed by atoms with Gasteiger partial charge in [-0.3, -0.25) is 0 Å². The predicted octanol–water partition coefficient (Wildman–Crippen LogP) is 14.4. The van der Waals surface area contributed by atoms with Gasteiger partial charge in [0.05, 0.1) is 0 Å². The fourth-order valence-electron chi connectivity index (χ4n) is 8.28. The summed E-state index contributed by atoms with van der Waals surface area (Å²) in [6, 6.07) is 67.9. The van der Waals surface area contributed by atoms with Crippen LogP contribution < -0.4 is 4.90 Å². The molecule has 10 rings (SSSR count). The molecule has 0 radical (unpaired) electrons. The summed E-state index contributed by atoms with van der Waals surface area (Å²) in [6.07, 6.45) is 0. The number of hydrogen-bond donors (Lipinski definition) is 0. The molecule has 8 aromatic carbocycles. The van der Waals surface area contributed by atoms with Crippen molar-refractivity contribution in [1.82, 2.24) is 0 Å². The van der Waals surface area contributed by atoms with Crippen LogP contribution in [0.5, 0.6) is 0 Å². The van der Waals surface area contributed by atoms with Crippen molar-refractivity contribution < 1.29 is 4.42 Å². The van der Waals surface area contributed by atoms with Crippen LogP contribution in [0.25, 0.3) is 66.4 Å². The van der Waals surface area contributed by atoms with Crippen molar-refractivity contribution in [3.8, 4) is 44.5 Å². The number of furan rings is 1. The average Bonchev–Trinajstić information content (AvgIpc) is 3.70. The van der Waals surface area contributed by atoms with E-state index in [4.69, 9.17) is 4.42 Å². The zero-order chi connectivity index (χ0) is 35.5. The number of rotatable bonds is 6. The number of nitrogens with zero attached hydrogens (tertiary/aromatic N) is 1. The molecule has 0 atom stereocenters.